The van der Waals surface area contributed by atoms with E-state index >= 15 is 0 Å². The Kier molecular flexibility index (Phi) is 5.22. The fraction of sp³-hybridized carbons (Fsp3) is 0.167. The quantitative estimate of drug-likeness (QED) is 0.657. The number of hydrogen-bond acceptors (Lipinski definition) is 4. The molecule has 134 valence electrons. The number of amides is 1. The van der Waals surface area contributed by atoms with Gasteiger partial charge in [0.1, 0.15) is 11.6 Å². The first-order chi connectivity index (χ1) is 12.5. The second-order valence-electron chi connectivity index (χ2n) is 5.37. The van der Waals surface area contributed by atoms with Crippen molar-refractivity contribution in [2.75, 3.05) is 7.11 Å². The van der Waals surface area contributed by atoms with E-state index in [0.29, 0.717) is 10.2 Å². The Balaban J connectivity index is 2.10. The molecule has 5 nitrogen and oxygen atoms in total. The Morgan fingerprint density at radius 3 is 2.69 bits per heavy atom. The van der Waals surface area contributed by atoms with Crippen LogP contribution in [-0.2, 0) is 16.1 Å². The third-order valence-electron chi connectivity index (χ3n) is 3.71. The predicted molar refractivity (Wildman–Crippen MR) is 92.7 cm³/mol. The van der Waals surface area contributed by atoms with Crippen molar-refractivity contribution in [1.29, 1.82) is 0 Å². The highest BCUT2D eigenvalue weighted by molar-refractivity contribution is 7.16. The molecule has 3 rings (SSSR count). The lowest BCUT2D eigenvalue weighted by Crippen LogP contribution is -2.19. The Morgan fingerprint density at radius 1 is 1.19 bits per heavy atom. The minimum Gasteiger partial charge on any atom is -0.469 e. The van der Waals surface area contributed by atoms with Crippen LogP contribution in [0, 0.1) is 11.6 Å². The van der Waals surface area contributed by atoms with Gasteiger partial charge in [0.15, 0.2) is 4.80 Å². The molecule has 8 heteroatoms. The van der Waals surface area contributed by atoms with E-state index in [1.54, 1.807) is 10.6 Å². The van der Waals surface area contributed by atoms with Crippen molar-refractivity contribution in [2.45, 2.75) is 13.0 Å². The van der Waals surface area contributed by atoms with Crippen LogP contribution >= 0.6 is 11.3 Å². The molecule has 0 atom stereocenters. The topological polar surface area (TPSA) is 60.7 Å². The first-order valence-corrected chi connectivity index (χ1v) is 8.50. The smallest absolute Gasteiger partial charge is 0.307 e. The number of hydrogen-bond donors (Lipinski definition) is 0. The van der Waals surface area contributed by atoms with Crippen molar-refractivity contribution < 1.29 is 23.1 Å². The monoisotopic (exact) mass is 376 g/mol. The van der Waals surface area contributed by atoms with Crippen molar-refractivity contribution in [2.24, 2.45) is 4.99 Å². The third-order valence-corrected chi connectivity index (χ3v) is 4.75. The molecular formula is C18H14F2N2O3S. The summed E-state index contributed by atoms with van der Waals surface area (Å²) in [5.41, 5.74) is 0.469. The fourth-order valence-corrected chi connectivity index (χ4v) is 3.51. The number of esters is 1. The van der Waals surface area contributed by atoms with Gasteiger partial charge in [-0.1, -0.05) is 23.5 Å². The summed E-state index contributed by atoms with van der Waals surface area (Å²) in [6.45, 7) is 0.196. The van der Waals surface area contributed by atoms with E-state index in [1.165, 1.54) is 43.5 Å². The van der Waals surface area contributed by atoms with Crippen LogP contribution in [0.1, 0.15) is 16.8 Å². The number of benzene rings is 2. The summed E-state index contributed by atoms with van der Waals surface area (Å²) < 4.78 is 34.1. The van der Waals surface area contributed by atoms with Crippen LogP contribution in [-0.4, -0.2) is 23.6 Å². The number of rotatable bonds is 4. The third kappa shape index (κ3) is 3.70. The lowest BCUT2D eigenvalue weighted by Gasteiger charge is -2.04. The van der Waals surface area contributed by atoms with Crippen molar-refractivity contribution in [3.05, 3.63) is 64.5 Å². The SMILES string of the molecule is COC(=O)CCn1c(=NC(=O)c2ccccc2F)sc2cc(F)ccc21. The summed E-state index contributed by atoms with van der Waals surface area (Å²) in [5, 5.41) is 0. The first kappa shape index (κ1) is 17.9. The molecule has 3 aromatic rings. The molecule has 26 heavy (non-hydrogen) atoms. The molecule has 1 aromatic heterocycles. The second-order valence-corrected chi connectivity index (χ2v) is 6.38. The Bertz CT molecular complexity index is 1060. The molecule has 0 bridgehead atoms. The van der Waals surface area contributed by atoms with Gasteiger partial charge < -0.3 is 9.30 Å². The van der Waals surface area contributed by atoms with E-state index < -0.39 is 23.5 Å². The van der Waals surface area contributed by atoms with Gasteiger partial charge >= 0.3 is 5.97 Å². The molecule has 0 N–H and O–H groups in total. The Hall–Kier alpha value is -2.87. The maximum atomic E-state index is 13.8. The molecule has 1 amide bonds. The van der Waals surface area contributed by atoms with Crippen LogP contribution in [0.25, 0.3) is 10.2 Å². The standard InChI is InChI=1S/C18H14F2N2O3S/c1-25-16(23)8-9-22-14-7-6-11(19)10-15(14)26-18(22)21-17(24)12-4-2-3-5-13(12)20/h2-7,10H,8-9H2,1H3. The molecule has 0 radical (unpaired) electrons. The highest BCUT2D eigenvalue weighted by Gasteiger charge is 2.13. The average molecular weight is 376 g/mol. The van der Waals surface area contributed by atoms with Crippen LogP contribution in [0.2, 0.25) is 0 Å². The number of nitrogens with zero attached hydrogens (tertiary/aromatic N) is 2. The summed E-state index contributed by atoms with van der Waals surface area (Å²) in [4.78, 5) is 28.0. The lowest BCUT2D eigenvalue weighted by molar-refractivity contribution is -0.140. The first-order valence-electron chi connectivity index (χ1n) is 7.69. The van der Waals surface area contributed by atoms with Crippen LogP contribution in [0.5, 0.6) is 0 Å². The van der Waals surface area contributed by atoms with Crippen LogP contribution in [0.4, 0.5) is 8.78 Å². The zero-order chi connectivity index (χ0) is 18.7. The van der Waals surface area contributed by atoms with E-state index in [2.05, 4.69) is 9.73 Å². The van der Waals surface area contributed by atoms with E-state index in [9.17, 15) is 18.4 Å². The van der Waals surface area contributed by atoms with Gasteiger partial charge in [-0.2, -0.15) is 4.99 Å². The van der Waals surface area contributed by atoms with Gasteiger partial charge in [-0.3, -0.25) is 9.59 Å². The number of aromatic nitrogens is 1. The summed E-state index contributed by atoms with van der Waals surface area (Å²) in [5.74, 6) is -2.27. The minimum atomic E-state index is -0.748. The number of halogens is 2. The average Bonchev–Trinajstić information content (AvgIpc) is 2.95. The van der Waals surface area contributed by atoms with E-state index in [4.69, 9.17) is 0 Å². The largest absolute Gasteiger partial charge is 0.469 e. The van der Waals surface area contributed by atoms with Gasteiger partial charge in [0.2, 0.25) is 0 Å². The zero-order valence-corrected chi connectivity index (χ0v) is 14.6. The number of methoxy groups -OCH3 is 1. The van der Waals surface area contributed by atoms with Gasteiger partial charge in [0, 0.05) is 6.54 Å². The van der Waals surface area contributed by atoms with Crippen LogP contribution in [0.15, 0.2) is 47.5 Å². The van der Waals surface area contributed by atoms with E-state index in [1.807, 2.05) is 0 Å². The lowest BCUT2D eigenvalue weighted by atomic mass is 10.2. The fourth-order valence-electron chi connectivity index (χ4n) is 2.44. The highest BCUT2D eigenvalue weighted by atomic mass is 32.1. The van der Waals surface area contributed by atoms with Crippen molar-refractivity contribution in [3.63, 3.8) is 0 Å². The predicted octanol–water partition coefficient (Wildman–Crippen LogP) is 3.29. The molecule has 2 aromatic carbocycles. The minimum absolute atomic E-state index is 0.0563. The summed E-state index contributed by atoms with van der Waals surface area (Å²) in [6.07, 6.45) is 0.0563. The molecule has 0 unspecified atom stereocenters. The van der Waals surface area contributed by atoms with Crippen molar-refractivity contribution >= 4 is 33.4 Å². The van der Waals surface area contributed by atoms with Gasteiger partial charge in [-0.25, -0.2) is 8.78 Å². The molecule has 0 aliphatic carbocycles. The summed E-state index contributed by atoms with van der Waals surface area (Å²) >= 11 is 1.09. The van der Waals surface area contributed by atoms with E-state index in [-0.39, 0.29) is 23.3 Å². The van der Waals surface area contributed by atoms with Crippen LogP contribution < -0.4 is 4.80 Å². The van der Waals surface area contributed by atoms with Gasteiger partial charge in [0.05, 0.1) is 29.3 Å². The van der Waals surface area contributed by atoms with E-state index in [0.717, 1.165) is 11.3 Å². The van der Waals surface area contributed by atoms with Gasteiger partial charge in [0.25, 0.3) is 5.91 Å². The second kappa shape index (κ2) is 7.57. The highest BCUT2D eigenvalue weighted by Crippen LogP contribution is 2.19. The van der Waals surface area contributed by atoms with Crippen LogP contribution in [0.3, 0.4) is 0 Å². The number of carbonyl (C=O) groups is 2. The van der Waals surface area contributed by atoms with Crippen molar-refractivity contribution in [1.82, 2.24) is 4.57 Å². The maximum Gasteiger partial charge on any atom is 0.307 e. The van der Waals surface area contributed by atoms with Gasteiger partial charge in [-0.15, -0.1) is 0 Å². The zero-order valence-electron chi connectivity index (χ0n) is 13.7. The Labute approximate surface area is 151 Å². The number of carbonyl (C=O) groups excluding carboxylic acids is 2. The number of ether oxygens (including phenoxy) is 1. The molecule has 1 heterocycles. The number of thiazole rings is 1. The molecule has 0 aliphatic rings. The molecular weight excluding hydrogens is 362 g/mol. The normalized spacial score (nSPS) is 11.7. The Morgan fingerprint density at radius 2 is 1.96 bits per heavy atom. The molecule has 0 fully saturated rings. The molecule has 0 spiro atoms. The van der Waals surface area contributed by atoms with Crippen molar-refractivity contribution in [3.8, 4) is 0 Å². The summed E-state index contributed by atoms with van der Waals surface area (Å²) in [7, 11) is 1.28. The number of fused-ring (bicyclic) bond motifs is 1. The van der Waals surface area contributed by atoms with Gasteiger partial charge in [-0.05, 0) is 30.3 Å². The molecule has 0 saturated carbocycles. The number of aryl methyl sites for hydroxylation is 1. The molecule has 0 aliphatic heterocycles. The molecule has 0 saturated heterocycles. The maximum absolute atomic E-state index is 13.8. The summed E-state index contributed by atoms with van der Waals surface area (Å²) in [6, 6.07) is 9.68.